The Hall–Kier alpha value is -1.04. The van der Waals surface area contributed by atoms with Crippen LogP contribution in [0, 0.1) is 6.92 Å². The lowest BCUT2D eigenvalue weighted by atomic mass is 10.1. The molecule has 0 aromatic carbocycles. The van der Waals surface area contributed by atoms with Crippen LogP contribution in [0.1, 0.15) is 11.4 Å². The molecule has 3 heterocycles. The summed E-state index contributed by atoms with van der Waals surface area (Å²) in [5.41, 5.74) is 1.22. The van der Waals surface area contributed by atoms with Crippen LogP contribution in [-0.4, -0.2) is 77.0 Å². The molecule has 1 aromatic rings. The molecular weight excluding hydrogens is 238 g/mol. The number of hydrogen-bond donors (Lipinski definition) is 0. The topological polar surface area (TPSA) is 35.5 Å². The van der Waals surface area contributed by atoms with Crippen LogP contribution in [0.3, 0.4) is 0 Å². The Labute approximate surface area is 115 Å². The van der Waals surface area contributed by atoms with Gasteiger partial charge in [-0.15, -0.1) is 0 Å². The van der Waals surface area contributed by atoms with Gasteiger partial charge in [-0.2, -0.15) is 0 Å². The Morgan fingerprint density at radius 1 is 1.11 bits per heavy atom. The zero-order valence-corrected chi connectivity index (χ0v) is 11.9. The minimum atomic E-state index is 0.764. The number of aromatic nitrogens is 2. The molecular formula is C14H23N5. The van der Waals surface area contributed by atoms with Gasteiger partial charge in [0.05, 0.1) is 0 Å². The molecule has 2 aliphatic heterocycles. The van der Waals surface area contributed by atoms with Gasteiger partial charge in [-0.3, -0.25) is 9.80 Å². The van der Waals surface area contributed by atoms with Gasteiger partial charge in [0.2, 0.25) is 0 Å². The van der Waals surface area contributed by atoms with E-state index in [4.69, 9.17) is 0 Å². The number of hydrogen-bond acceptors (Lipinski definition) is 5. The highest BCUT2D eigenvalue weighted by atomic mass is 15.3. The second kappa shape index (κ2) is 5.53. The monoisotopic (exact) mass is 261 g/mol. The van der Waals surface area contributed by atoms with E-state index in [1.54, 1.807) is 0 Å². The lowest BCUT2D eigenvalue weighted by molar-refractivity contribution is 0.00535. The third-order valence-electron chi connectivity index (χ3n) is 4.23. The third-order valence-corrected chi connectivity index (χ3v) is 4.23. The zero-order valence-electron chi connectivity index (χ0n) is 11.9. The molecule has 0 aliphatic carbocycles. The van der Waals surface area contributed by atoms with Crippen molar-refractivity contribution in [3.8, 4) is 0 Å². The molecule has 2 aliphatic rings. The molecule has 19 heavy (non-hydrogen) atoms. The fourth-order valence-electron chi connectivity index (χ4n) is 2.85. The maximum Gasteiger partial charge on any atom is 0.125 e. The number of aryl methyl sites for hydroxylation is 1. The van der Waals surface area contributed by atoms with Crippen molar-refractivity contribution in [2.45, 2.75) is 19.5 Å². The van der Waals surface area contributed by atoms with E-state index in [0.717, 1.165) is 18.4 Å². The first kappa shape index (κ1) is 13.0. The van der Waals surface area contributed by atoms with Crippen LogP contribution in [0.2, 0.25) is 0 Å². The molecule has 0 spiro atoms. The molecule has 0 bridgehead atoms. The van der Waals surface area contributed by atoms with Crippen molar-refractivity contribution in [3.05, 3.63) is 23.8 Å². The molecule has 0 unspecified atom stereocenters. The van der Waals surface area contributed by atoms with Crippen molar-refractivity contribution in [2.75, 3.05) is 46.3 Å². The molecule has 0 amide bonds. The first-order valence-electron chi connectivity index (χ1n) is 7.13. The number of nitrogens with zero attached hydrogens (tertiary/aromatic N) is 5. The summed E-state index contributed by atoms with van der Waals surface area (Å²) < 4.78 is 0. The van der Waals surface area contributed by atoms with Gasteiger partial charge >= 0.3 is 0 Å². The Morgan fingerprint density at radius 2 is 1.74 bits per heavy atom. The lowest BCUT2D eigenvalue weighted by Gasteiger charge is -2.47. The highest BCUT2D eigenvalue weighted by Gasteiger charge is 2.32. The summed E-state index contributed by atoms with van der Waals surface area (Å²) in [7, 11) is 2.21. The highest BCUT2D eigenvalue weighted by Crippen LogP contribution is 2.18. The maximum atomic E-state index is 4.25. The van der Waals surface area contributed by atoms with Crippen LogP contribution in [-0.2, 0) is 6.54 Å². The largest absolute Gasteiger partial charge is 0.304 e. The highest BCUT2D eigenvalue weighted by molar-refractivity contribution is 5.06. The molecule has 0 saturated carbocycles. The van der Waals surface area contributed by atoms with Gasteiger partial charge in [0, 0.05) is 69.8 Å². The van der Waals surface area contributed by atoms with Crippen LogP contribution < -0.4 is 0 Å². The standard InChI is InChI=1S/C14H23N5/c1-12-15-7-13(8-16-12)9-18-10-14(11-18)19-5-3-17(2)4-6-19/h7-8,14H,3-6,9-11H2,1-2H3. The van der Waals surface area contributed by atoms with E-state index in [0.29, 0.717) is 0 Å². The van der Waals surface area contributed by atoms with Crippen molar-refractivity contribution in [2.24, 2.45) is 0 Å². The van der Waals surface area contributed by atoms with E-state index >= 15 is 0 Å². The molecule has 2 saturated heterocycles. The molecule has 5 nitrogen and oxygen atoms in total. The first-order chi connectivity index (χ1) is 9.20. The number of rotatable bonds is 3. The average Bonchev–Trinajstić information content (AvgIpc) is 2.37. The molecule has 104 valence electrons. The molecule has 5 heteroatoms. The van der Waals surface area contributed by atoms with Crippen LogP contribution >= 0.6 is 0 Å². The van der Waals surface area contributed by atoms with Crippen LogP contribution in [0.15, 0.2) is 12.4 Å². The zero-order chi connectivity index (χ0) is 13.2. The fourth-order valence-corrected chi connectivity index (χ4v) is 2.85. The van der Waals surface area contributed by atoms with E-state index < -0.39 is 0 Å². The molecule has 0 N–H and O–H groups in total. The van der Waals surface area contributed by atoms with Crippen LogP contribution in [0.5, 0.6) is 0 Å². The summed E-state index contributed by atoms with van der Waals surface area (Å²) in [5, 5.41) is 0. The predicted octanol–water partition coefficient (Wildman–Crippen LogP) is 0.217. The molecule has 2 fully saturated rings. The SMILES string of the molecule is Cc1ncc(CN2CC(N3CCN(C)CC3)C2)cn1. The van der Waals surface area contributed by atoms with E-state index in [9.17, 15) is 0 Å². The normalized spacial score (nSPS) is 23.5. The number of piperazine rings is 1. The van der Waals surface area contributed by atoms with Gasteiger partial charge in [-0.1, -0.05) is 0 Å². The van der Waals surface area contributed by atoms with E-state index in [1.165, 1.54) is 44.8 Å². The lowest BCUT2D eigenvalue weighted by Crippen LogP contribution is -2.62. The molecule has 3 rings (SSSR count). The fraction of sp³-hybridized carbons (Fsp3) is 0.714. The van der Waals surface area contributed by atoms with Gasteiger partial charge in [0.25, 0.3) is 0 Å². The van der Waals surface area contributed by atoms with Gasteiger partial charge in [0.1, 0.15) is 5.82 Å². The quantitative estimate of drug-likeness (QED) is 0.777. The number of likely N-dealkylation sites (tertiary alicyclic amines) is 1. The Kier molecular flexibility index (Phi) is 3.77. The Morgan fingerprint density at radius 3 is 2.37 bits per heavy atom. The van der Waals surface area contributed by atoms with Crippen LogP contribution in [0.25, 0.3) is 0 Å². The summed E-state index contributed by atoms with van der Waals surface area (Å²) in [6.07, 6.45) is 3.90. The smallest absolute Gasteiger partial charge is 0.125 e. The van der Waals surface area contributed by atoms with E-state index in [2.05, 4.69) is 31.7 Å². The minimum Gasteiger partial charge on any atom is -0.304 e. The van der Waals surface area contributed by atoms with Gasteiger partial charge in [0.15, 0.2) is 0 Å². The van der Waals surface area contributed by atoms with Crippen molar-refractivity contribution in [3.63, 3.8) is 0 Å². The molecule has 0 radical (unpaired) electrons. The van der Waals surface area contributed by atoms with Crippen LogP contribution in [0.4, 0.5) is 0 Å². The maximum absolute atomic E-state index is 4.25. The van der Waals surface area contributed by atoms with Crippen molar-refractivity contribution in [1.82, 2.24) is 24.7 Å². The summed E-state index contributed by atoms with van der Waals surface area (Å²) in [6, 6.07) is 0.764. The molecule has 1 aromatic heterocycles. The number of likely N-dealkylation sites (N-methyl/N-ethyl adjacent to an activating group) is 1. The molecule has 0 atom stereocenters. The predicted molar refractivity (Wildman–Crippen MR) is 74.9 cm³/mol. The second-order valence-electron chi connectivity index (χ2n) is 5.83. The van der Waals surface area contributed by atoms with Crippen molar-refractivity contribution < 1.29 is 0 Å². The van der Waals surface area contributed by atoms with Crippen molar-refractivity contribution >= 4 is 0 Å². The summed E-state index contributed by atoms with van der Waals surface area (Å²) in [4.78, 5) is 16.0. The summed E-state index contributed by atoms with van der Waals surface area (Å²) in [6.45, 7) is 10.2. The van der Waals surface area contributed by atoms with Gasteiger partial charge in [-0.05, 0) is 14.0 Å². The Balaban J connectivity index is 1.44. The second-order valence-corrected chi connectivity index (χ2v) is 5.83. The summed E-state index contributed by atoms with van der Waals surface area (Å²) in [5.74, 6) is 0.850. The van der Waals surface area contributed by atoms with Gasteiger partial charge < -0.3 is 4.90 Å². The van der Waals surface area contributed by atoms with Gasteiger partial charge in [-0.25, -0.2) is 9.97 Å². The van der Waals surface area contributed by atoms with E-state index in [-0.39, 0.29) is 0 Å². The Bertz CT molecular complexity index is 404. The summed E-state index contributed by atoms with van der Waals surface area (Å²) >= 11 is 0. The average molecular weight is 261 g/mol. The van der Waals surface area contributed by atoms with E-state index in [1.807, 2.05) is 19.3 Å². The first-order valence-corrected chi connectivity index (χ1v) is 7.13. The van der Waals surface area contributed by atoms with Crippen molar-refractivity contribution in [1.29, 1.82) is 0 Å². The minimum absolute atomic E-state index is 0.764. The third kappa shape index (κ3) is 3.11.